The van der Waals surface area contributed by atoms with E-state index in [1.165, 1.54) is 10.7 Å². The zero-order valence-electron chi connectivity index (χ0n) is 24.0. The summed E-state index contributed by atoms with van der Waals surface area (Å²) in [6, 6.07) is -0.538. The number of nitrogens with zero attached hydrogens (tertiary/aromatic N) is 4. The molecule has 3 fully saturated rings. The Morgan fingerprint density at radius 2 is 1.88 bits per heavy atom. The van der Waals surface area contributed by atoms with Crippen LogP contribution in [0.25, 0.3) is 5.65 Å². The van der Waals surface area contributed by atoms with E-state index >= 15 is 0 Å². The number of carbonyl (C=O) groups is 2. The molecule has 0 bridgehead atoms. The molecule has 42 heavy (non-hydrogen) atoms. The Labute approximate surface area is 241 Å². The highest BCUT2D eigenvalue weighted by atomic mass is 19.3. The smallest absolute Gasteiger partial charge is 0.408 e. The average molecular weight is 599 g/mol. The van der Waals surface area contributed by atoms with Crippen molar-refractivity contribution < 1.29 is 36.6 Å². The third-order valence-electron chi connectivity index (χ3n) is 8.05. The van der Waals surface area contributed by atoms with Crippen LogP contribution < -0.4 is 10.6 Å². The normalized spacial score (nSPS) is 22.7. The molecule has 1 aliphatic heterocycles. The van der Waals surface area contributed by atoms with Gasteiger partial charge in [-0.1, -0.05) is 0 Å². The highest BCUT2D eigenvalue weighted by molar-refractivity contribution is 5.76. The number of imidazole rings is 1. The van der Waals surface area contributed by atoms with Crippen molar-refractivity contribution in [2.45, 2.75) is 101 Å². The molecule has 3 heterocycles. The number of alkyl carbamates (subject to hydrolysis) is 1. The van der Waals surface area contributed by atoms with Crippen LogP contribution in [0, 0.1) is 5.92 Å². The van der Waals surface area contributed by atoms with Crippen LogP contribution in [0.15, 0.2) is 18.5 Å². The van der Waals surface area contributed by atoms with Gasteiger partial charge in [0.25, 0.3) is 5.92 Å². The van der Waals surface area contributed by atoms with Crippen molar-refractivity contribution in [3.63, 3.8) is 0 Å². The first-order valence-electron chi connectivity index (χ1n) is 14.4. The van der Waals surface area contributed by atoms with Gasteiger partial charge in [0.1, 0.15) is 5.60 Å². The number of nitrogens with one attached hydrogen (secondary N) is 2. The second-order valence-electron chi connectivity index (χ2n) is 12.6. The summed E-state index contributed by atoms with van der Waals surface area (Å²) in [6.07, 6.45) is 4.93. The van der Waals surface area contributed by atoms with Crippen LogP contribution in [-0.2, 0) is 9.47 Å². The Balaban J connectivity index is 1.44. The van der Waals surface area contributed by atoms with E-state index in [0.29, 0.717) is 16.9 Å². The first-order valence-corrected chi connectivity index (χ1v) is 14.4. The maximum atomic E-state index is 14.3. The lowest BCUT2D eigenvalue weighted by atomic mass is 9.81. The van der Waals surface area contributed by atoms with Gasteiger partial charge in [0.05, 0.1) is 56.0 Å². The molecule has 2 aromatic rings. The van der Waals surface area contributed by atoms with Crippen LogP contribution >= 0.6 is 0 Å². The molecule has 2 atom stereocenters. The molecule has 0 radical (unpaired) electrons. The predicted molar refractivity (Wildman–Crippen MR) is 143 cm³/mol. The first-order chi connectivity index (χ1) is 19.7. The summed E-state index contributed by atoms with van der Waals surface area (Å²) in [5.74, 6) is -6.18. The first kappa shape index (κ1) is 30.3. The monoisotopic (exact) mass is 598 g/mol. The molecule has 2 aliphatic carbocycles. The number of rotatable bonds is 8. The minimum atomic E-state index is -3.11. The second kappa shape index (κ2) is 11.5. The van der Waals surface area contributed by atoms with Gasteiger partial charge in [-0.3, -0.25) is 0 Å². The molecule has 2 saturated carbocycles. The fraction of sp³-hybridized carbons (Fsp3) is 0.714. The molecular weight excluding hydrogens is 560 g/mol. The van der Waals surface area contributed by atoms with Crippen LogP contribution in [-0.4, -0.2) is 74.9 Å². The zero-order valence-corrected chi connectivity index (χ0v) is 24.0. The van der Waals surface area contributed by atoms with E-state index < -0.39 is 54.7 Å². The van der Waals surface area contributed by atoms with Gasteiger partial charge in [-0.15, -0.1) is 0 Å². The fourth-order valence-electron chi connectivity index (χ4n) is 5.57. The molecule has 2 aromatic heterocycles. The number of hydrogen-bond donors (Lipinski definition) is 2. The molecule has 14 heteroatoms. The summed E-state index contributed by atoms with van der Waals surface area (Å²) in [4.78, 5) is 31.2. The van der Waals surface area contributed by atoms with Gasteiger partial charge in [-0.25, -0.2) is 36.7 Å². The molecule has 5 rings (SSSR count). The molecule has 0 spiro atoms. The standard InChI is InChI=1S/C28H38F4N6O4/c1-26(2,3)42-25(40)36-23(17-7-9-27(29,30)10-8-17)20-13-38-22(35-20)11-18(12-34-38)21(14-41-19-5-4-6-19)37-16-28(31,32)15-33-24(37)39/h11-13,17,19,21,23H,4-10,14-16H2,1-3H3,(H,33,39)(H,36,40)/t21-,23+/m1/s1. The van der Waals surface area contributed by atoms with E-state index in [1.807, 2.05) is 0 Å². The maximum Gasteiger partial charge on any atom is 0.408 e. The van der Waals surface area contributed by atoms with Gasteiger partial charge < -0.3 is 25.0 Å². The minimum absolute atomic E-state index is 0.0122. The van der Waals surface area contributed by atoms with E-state index in [4.69, 9.17) is 9.47 Å². The number of ether oxygens (including phenoxy) is 2. The zero-order chi connectivity index (χ0) is 30.3. The Hall–Kier alpha value is -3.16. The predicted octanol–water partition coefficient (Wildman–Crippen LogP) is 5.39. The lowest BCUT2D eigenvalue weighted by molar-refractivity contribution is -0.0673. The number of alkyl halides is 4. The van der Waals surface area contributed by atoms with Crippen molar-refractivity contribution in [2.24, 2.45) is 5.92 Å². The minimum Gasteiger partial charge on any atom is -0.444 e. The fourth-order valence-corrected chi connectivity index (χ4v) is 5.57. The summed E-state index contributed by atoms with van der Waals surface area (Å²) in [7, 11) is 0. The average Bonchev–Trinajstić information content (AvgIpc) is 3.28. The second-order valence-corrected chi connectivity index (χ2v) is 12.6. The summed E-state index contributed by atoms with van der Waals surface area (Å²) in [6.45, 7) is 3.68. The molecule has 0 unspecified atom stereocenters. The summed E-state index contributed by atoms with van der Waals surface area (Å²) < 4.78 is 69.4. The van der Waals surface area contributed by atoms with Crippen molar-refractivity contribution in [1.82, 2.24) is 30.1 Å². The topological polar surface area (TPSA) is 110 Å². The number of hydrogen-bond acceptors (Lipinski definition) is 6. The molecule has 0 aromatic carbocycles. The Bertz CT molecular complexity index is 1280. The number of halogens is 4. The number of fused-ring (bicyclic) bond motifs is 1. The van der Waals surface area contributed by atoms with E-state index in [0.717, 1.165) is 24.2 Å². The van der Waals surface area contributed by atoms with Crippen LogP contribution in [0.4, 0.5) is 27.2 Å². The van der Waals surface area contributed by atoms with Crippen molar-refractivity contribution in [3.8, 4) is 0 Å². The van der Waals surface area contributed by atoms with Crippen LogP contribution in [0.5, 0.6) is 0 Å². The Morgan fingerprint density at radius 1 is 1.17 bits per heavy atom. The van der Waals surface area contributed by atoms with E-state index in [-0.39, 0.29) is 44.3 Å². The van der Waals surface area contributed by atoms with Crippen molar-refractivity contribution >= 4 is 17.8 Å². The van der Waals surface area contributed by atoms with E-state index in [9.17, 15) is 27.2 Å². The number of urea groups is 1. The largest absolute Gasteiger partial charge is 0.444 e. The van der Waals surface area contributed by atoms with Gasteiger partial charge in [0, 0.05) is 18.4 Å². The molecule has 232 valence electrons. The summed E-state index contributed by atoms with van der Waals surface area (Å²) in [5.41, 5.74) is 0.445. The third kappa shape index (κ3) is 7.24. The molecule has 3 amide bonds. The lowest BCUT2D eigenvalue weighted by Gasteiger charge is -2.39. The number of carbonyl (C=O) groups excluding carboxylic acids is 2. The quantitative estimate of drug-likeness (QED) is 0.395. The van der Waals surface area contributed by atoms with Gasteiger partial charge in [-0.2, -0.15) is 5.10 Å². The van der Waals surface area contributed by atoms with Crippen LogP contribution in [0.2, 0.25) is 0 Å². The van der Waals surface area contributed by atoms with Crippen molar-refractivity contribution in [1.29, 1.82) is 0 Å². The lowest BCUT2D eigenvalue weighted by Crippen LogP contribution is -2.58. The Morgan fingerprint density at radius 3 is 2.52 bits per heavy atom. The van der Waals surface area contributed by atoms with Gasteiger partial charge in [0.15, 0.2) is 5.65 Å². The third-order valence-corrected chi connectivity index (χ3v) is 8.05. The summed E-state index contributed by atoms with van der Waals surface area (Å²) in [5, 5.41) is 9.50. The maximum absolute atomic E-state index is 14.3. The number of aromatic nitrogens is 3. The van der Waals surface area contributed by atoms with Gasteiger partial charge >= 0.3 is 12.1 Å². The molecule has 2 N–H and O–H groups in total. The summed E-state index contributed by atoms with van der Waals surface area (Å²) >= 11 is 0. The molecular formula is C28H38F4N6O4. The van der Waals surface area contributed by atoms with Crippen LogP contribution in [0.1, 0.15) is 89.1 Å². The van der Waals surface area contributed by atoms with Gasteiger partial charge in [-0.05, 0) is 64.9 Å². The molecule has 10 nitrogen and oxygen atoms in total. The molecule has 1 saturated heterocycles. The molecule has 3 aliphatic rings. The van der Waals surface area contributed by atoms with Crippen molar-refractivity contribution in [2.75, 3.05) is 19.7 Å². The van der Waals surface area contributed by atoms with E-state index in [1.54, 1.807) is 33.0 Å². The SMILES string of the molecule is CC(C)(C)OC(=O)N[C@H](c1cn2ncc([C@@H](COC3CCC3)N3CC(F)(F)CNC3=O)cc2n1)C1CCC(F)(F)CC1. The number of amides is 3. The van der Waals surface area contributed by atoms with E-state index in [2.05, 4.69) is 20.7 Å². The highest BCUT2D eigenvalue weighted by Crippen LogP contribution is 2.41. The Kier molecular flexibility index (Phi) is 8.29. The van der Waals surface area contributed by atoms with Crippen LogP contribution in [0.3, 0.4) is 0 Å². The van der Waals surface area contributed by atoms with Crippen molar-refractivity contribution in [3.05, 3.63) is 29.7 Å². The highest BCUT2D eigenvalue weighted by Gasteiger charge is 2.43. The van der Waals surface area contributed by atoms with Gasteiger partial charge in [0.2, 0.25) is 5.92 Å².